The Labute approximate surface area is 94.6 Å². The van der Waals surface area contributed by atoms with Crippen LogP contribution in [0.1, 0.15) is 64.7 Å². The lowest BCUT2D eigenvalue weighted by molar-refractivity contribution is 0.501. The van der Waals surface area contributed by atoms with E-state index in [-0.39, 0.29) is 0 Å². The molecule has 1 rings (SSSR count). The minimum atomic E-state index is 0.435. The monoisotopic (exact) mass is 210 g/mol. The summed E-state index contributed by atoms with van der Waals surface area (Å²) in [5, 5.41) is 3.35. The number of aliphatic imine (C=N–C) groups is 1. The van der Waals surface area contributed by atoms with E-state index in [1.54, 1.807) is 0 Å². The molecule has 1 N–H and O–H groups in total. The summed E-state index contributed by atoms with van der Waals surface area (Å²) in [7, 11) is 0. The molecule has 1 heterocycles. The standard InChI is InChI=1S/C13H26N2/c1-2-3-4-5-6-7-8-9-10-13-14-11-12-15-13/h11,13,15H,2-10,12H2,1H3. The SMILES string of the molecule is CCCCCCCCCCC1N=CCN1. The summed E-state index contributed by atoms with van der Waals surface area (Å²) in [6.45, 7) is 3.25. The van der Waals surface area contributed by atoms with E-state index in [1.807, 2.05) is 6.21 Å². The Hall–Kier alpha value is -0.370. The summed E-state index contributed by atoms with van der Waals surface area (Å²) in [6.07, 6.45) is 14.9. The van der Waals surface area contributed by atoms with Crippen molar-refractivity contribution in [2.75, 3.05) is 6.54 Å². The van der Waals surface area contributed by atoms with E-state index in [0.717, 1.165) is 6.54 Å². The third-order valence-electron chi connectivity index (χ3n) is 3.06. The molecule has 0 saturated heterocycles. The van der Waals surface area contributed by atoms with Gasteiger partial charge in [-0.2, -0.15) is 0 Å². The molecule has 1 aliphatic rings. The highest BCUT2D eigenvalue weighted by molar-refractivity contribution is 5.61. The minimum Gasteiger partial charge on any atom is -0.291 e. The molecular weight excluding hydrogens is 184 g/mol. The van der Waals surface area contributed by atoms with E-state index >= 15 is 0 Å². The van der Waals surface area contributed by atoms with Crippen molar-refractivity contribution in [1.29, 1.82) is 0 Å². The highest BCUT2D eigenvalue weighted by Crippen LogP contribution is 2.11. The van der Waals surface area contributed by atoms with Gasteiger partial charge in [0.1, 0.15) is 0 Å². The first-order valence-corrected chi connectivity index (χ1v) is 6.68. The Kier molecular flexibility index (Phi) is 7.53. The third kappa shape index (κ3) is 6.67. The van der Waals surface area contributed by atoms with Gasteiger partial charge in [-0.1, -0.05) is 51.9 Å². The van der Waals surface area contributed by atoms with Gasteiger partial charge >= 0.3 is 0 Å². The van der Waals surface area contributed by atoms with Gasteiger partial charge in [-0.15, -0.1) is 0 Å². The lowest BCUT2D eigenvalue weighted by atomic mass is 10.1. The van der Waals surface area contributed by atoms with Gasteiger partial charge in [-0.05, 0) is 12.8 Å². The van der Waals surface area contributed by atoms with Crippen LogP contribution in [0.4, 0.5) is 0 Å². The van der Waals surface area contributed by atoms with E-state index in [9.17, 15) is 0 Å². The number of unbranched alkanes of at least 4 members (excludes halogenated alkanes) is 7. The molecule has 0 aromatic heterocycles. The Morgan fingerprint density at radius 3 is 2.33 bits per heavy atom. The number of rotatable bonds is 9. The van der Waals surface area contributed by atoms with E-state index in [0.29, 0.717) is 6.17 Å². The average molecular weight is 210 g/mol. The Morgan fingerprint density at radius 1 is 1.07 bits per heavy atom. The van der Waals surface area contributed by atoms with Crippen molar-refractivity contribution >= 4 is 6.21 Å². The fourth-order valence-electron chi connectivity index (χ4n) is 2.07. The molecule has 0 fully saturated rings. The van der Waals surface area contributed by atoms with Crippen LogP contribution in [0.5, 0.6) is 0 Å². The van der Waals surface area contributed by atoms with Crippen molar-refractivity contribution in [3.8, 4) is 0 Å². The molecule has 2 heteroatoms. The van der Waals surface area contributed by atoms with Crippen molar-refractivity contribution in [3.63, 3.8) is 0 Å². The smallest absolute Gasteiger partial charge is 0.0993 e. The Balaban J connectivity index is 1.75. The first kappa shape index (κ1) is 12.7. The van der Waals surface area contributed by atoms with Gasteiger partial charge in [-0.25, -0.2) is 0 Å². The molecule has 0 amide bonds. The highest BCUT2D eigenvalue weighted by Gasteiger charge is 2.07. The maximum Gasteiger partial charge on any atom is 0.0993 e. The molecule has 88 valence electrons. The normalized spacial score (nSPS) is 19.9. The minimum absolute atomic E-state index is 0.435. The molecular formula is C13H26N2. The van der Waals surface area contributed by atoms with Crippen LogP contribution in [-0.2, 0) is 0 Å². The molecule has 0 aliphatic carbocycles. The van der Waals surface area contributed by atoms with Gasteiger partial charge in [0.2, 0.25) is 0 Å². The van der Waals surface area contributed by atoms with Gasteiger partial charge in [0.15, 0.2) is 0 Å². The zero-order valence-corrected chi connectivity index (χ0v) is 10.2. The number of nitrogens with one attached hydrogen (secondary N) is 1. The first-order valence-electron chi connectivity index (χ1n) is 6.68. The number of nitrogens with zero attached hydrogens (tertiary/aromatic N) is 1. The van der Waals surface area contributed by atoms with Gasteiger partial charge in [0.05, 0.1) is 6.17 Å². The second-order valence-electron chi connectivity index (χ2n) is 4.52. The van der Waals surface area contributed by atoms with Crippen LogP contribution in [0, 0.1) is 0 Å². The quantitative estimate of drug-likeness (QED) is 0.579. The fraction of sp³-hybridized carbons (Fsp3) is 0.923. The maximum absolute atomic E-state index is 4.36. The van der Waals surface area contributed by atoms with Crippen LogP contribution in [0.25, 0.3) is 0 Å². The molecule has 15 heavy (non-hydrogen) atoms. The van der Waals surface area contributed by atoms with Crippen LogP contribution < -0.4 is 5.32 Å². The molecule has 0 radical (unpaired) electrons. The first-order chi connectivity index (χ1) is 7.43. The molecule has 1 aliphatic heterocycles. The summed E-state index contributed by atoms with van der Waals surface area (Å²) < 4.78 is 0. The summed E-state index contributed by atoms with van der Waals surface area (Å²) in [5.41, 5.74) is 0. The summed E-state index contributed by atoms with van der Waals surface area (Å²) in [6, 6.07) is 0. The largest absolute Gasteiger partial charge is 0.291 e. The van der Waals surface area contributed by atoms with Crippen LogP contribution in [-0.4, -0.2) is 18.9 Å². The Bertz CT molecular complexity index is 166. The third-order valence-corrected chi connectivity index (χ3v) is 3.06. The second kappa shape index (κ2) is 8.90. The van der Waals surface area contributed by atoms with Gasteiger partial charge in [0.25, 0.3) is 0 Å². The van der Waals surface area contributed by atoms with Gasteiger partial charge in [-0.3, -0.25) is 10.3 Å². The van der Waals surface area contributed by atoms with E-state index < -0.39 is 0 Å². The van der Waals surface area contributed by atoms with Crippen LogP contribution in [0.3, 0.4) is 0 Å². The highest BCUT2D eigenvalue weighted by atomic mass is 15.1. The van der Waals surface area contributed by atoms with Crippen LogP contribution in [0.2, 0.25) is 0 Å². The van der Waals surface area contributed by atoms with Crippen LogP contribution >= 0.6 is 0 Å². The molecule has 1 unspecified atom stereocenters. The molecule has 0 saturated carbocycles. The lowest BCUT2D eigenvalue weighted by Crippen LogP contribution is -2.21. The summed E-state index contributed by atoms with van der Waals surface area (Å²) in [5.74, 6) is 0. The molecule has 0 bridgehead atoms. The molecule has 0 aromatic rings. The zero-order chi connectivity index (χ0) is 10.8. The zero-order valence-electron chi connectivity index (χ0n) is 10.2. The predicted octanol–water partition coefficient (Wildman–Crippen LogP) is 3.52. The molecule has 1 atom stereocenters. The van der Waals surface area contributed by atoms with E-state index in [1.165, 1.54) is 57.8 Å². The number of hydrogen-bond donors (Lipinski definition) is 1. The Morgan fingerprint density at radius 2 is 1.73 bits per heavy atom. The fourth-order valence-corrected chi connectivity index (χ4v) is 2.07. The van der Waals surface area contributed by atoms with E-state index in [4.69, 9.17) is 0 Å². The maximum atomic E-state index is 4.36. The van der Waals surface area contributed by atoms with Crippen molar-refractivity contribution in [2.24, 2.45) is 4.99 Å². The molecule has 0 aromatic carbocycles. The topological polar surface area (TPSA) is 24.4 Å². The number of hydrogen-bond acceptors (Lipinski definition) is 2. The predicted molar refractivity (Wildman–Crippen MR) is 67.5 cm³/mol. The van der Waals surface area contributed by atoms with Crippen molar-refractivity contribution < 1.29 is 0 Å². The molecule has 0 spiro atoms. The van der Waals surface area contributed by atoms with Crippen molar-refractivity contribution in [1.82, 2.24) is 5.32 Å². The second-order valence-corrected chi connectivity index (χ2v) is 4.52. The summed E-state index contributed by atoms with van der Waals surface area (Å²) >= 11 is 0. The van der Waals surface area contributed by atoms with Gasteiger partial charge < -0.3 is 0 Å². The molecule has 2 nitrogen and oxygen atoms in total. The lowest BCUT2D eigenvalue weighted by Gasteiger charge is -2.07. The van der Waals surface area contributed by atoms with Gasteiger partial charge in [0, 0.05) is 12.8 Å². The van der Waals surface area contributed by atoms with Crippen molar-refractivity contribution in [2.45, 2.75) is 70.9 Å². The summed E-state index contributed by atoms with van der Waals surface area (Å²) in [4.78, 5) is 4.36. The van der Waals surface area contributed by atoms with Crippen LogP contribution in [0.15, 0.2) is 4.99 Å². The van der Waals surface area contributed by atoms with E-state index in [2.05, 4.69) is 17.2 Å². The average Bonchev–Trinajstić information content (AvgIpc) is 2.75. The van der Waals surface area contributed by atoms with Crippen molar-refractivity contribution in [3.05, 3.63) is 0 Å².